The second-order valence-corrected chi connectivity index (χ2v) is 7.34. The van der Waals surface area contributed by atoms with Crippen LogP contribution in [0.4, 0.5) is 5.00 Å². The molecule has 3 rings (SSSR count). The maximum Gasteiger partial charge on any atom is 0.324 e. The van der Waals surface area contributed by atoms with E-state index in [0.717, 1.165) is 21.6 Å². The van der Waals surface area contributed by atoms with Gasteiger partial charge >= 0.3 is 5.00 Å². The van der Waals surface area contributed by atoms with Crippen molar-refractivity contribution in [2.75, 3.05) is 14.2 Å². The molecule has 0 bridgehead atoms. The van der Waals surface area contributed by atoms with Crippen LogP contribution in [0.5, 0.6) is 11.5 Å². The third-order valence-electron chi connectivity index (χ3n) is 3.68. The highest BCUT2D eigenvalue weighted by molar-refractivity contribution is 7.17. The number of aromatic nitrogens is 1. The van der Waals surface area contributed by atoms with Crippen LogP contribution in [0.25, 0.3) is 10.2 Å². The number of carbonyl (C=O) groups is 1. The minimum atomic E-state index is -0.531. The number of hydrogen-bond donors (Lipinski definition) is 0. The molecule has 0 N–H and O–H groups in total. The highest BCUT2D eigenvalue weighted by atomic mass is 32.1. The highest BCUT2D eigenvalue weighted by Crippen LogP contribution is 2.33. The van der Waals surface area contributed by atoms with Crippen LogP contribution in [0.1, 0.15) is 9.67 Å². The van der Waals surface area contributed by atoms with Crippen molar-refractivity contribution in [3.63, 3.8) is 0 Å². The fourth-order valence-corrected chi connectivity index (χ4v) is 4.22. The quantitative estimate of drug-likeness (QED) is 0.355. The Morgan fingerprint density at radius 2 is 2.00 bits per heavy atom. The maximum absolute atomic E-state index is 12.5. The fourth-order valence-electron chi connectivity index (χ4n) is 2.47. The van der Waals surface area contributed by atoms with Gasteiger partial charge in [-0.1, -0.05) is 28.7 Å². The van der Waals surface area contributed by atoms with Gasteiger partial charge in [-0.25, -0.2) is 0 Å². The topological polar surface area (TPSA) is 96.0 Å². The van der Waals surface area contributed by atoms with E-state index in [2.05, 4.69) is 11.6 Å². The summed E-state index contributed by atoms with van der Waals surface area (Å²) in [5, 5.41) is 10.7. The zero-order chi connectivity index (χ0) is 19.6. The smallest absolute Gasteiger partial charge is 0.324 e. The molecular formula is C17H15N3O5S2. The molecule has 10 heteroatoms. The Balaban J connectivity index is 2.15. The Kier molecular flexibility index (Phi) is 5.38. The summed E-state index contributed by atoms with van der Waals surface area (Å²) in [7, 11) is 3.10. The van der Waals surface area contributed by atoms with Gasteiger partial charge in [-0.15, -0.1) is 6.58 Å². The van der Waals surface area contributed by atoms with Gasteiger partial charge in [-0.05, 0) is 6.07 Å². The summed E-state index contributed by atoms with van der Waals surface area (Å²) in [6.07, 6.45) is 1.70. The van der Waals surface area contributed by atoms with Gasteiger partial charge in [0, 0.05) is 24.7 Å². The molecule has 8 nitrogen and oxygen atoms in total. The lowest BCUT2D eigenvalue weighted by Crippen LogP contribution is -2.16. The average Bonchev–Trinajstić information content (AvgIpc) is 3.26. The average molecular weight is 405 g/mol. The monoisotopic (exact) mass is 405 g/mol. The highest BCUT2D eigenvalue weighted by Gasteiger charge is 2.16. The van der Waals surface area contributed by atoms with Gasteiger partial charge in [0.2, 0.25) is 0 Å². The Hall–Kier alpha value is -2.98. The standard InChI is InChI=1S/C17H15N3O5S2/c1-4-7-19-10-8-11(24-2)12(25-3)9-14(10)27-17(19)18-16(21)13-5-6-15(26-13)20(22)23/h4-6,8-9H,1,7H2,2-3H3. The van der Waals surface area contributed by atoms with E-state index in [9.17, 15) is 14.9 Å². The van der Waals surface area contributed by atoms with Gasteiger partial charge in [0.1, 0.15) is 4.88 Å². The molecule has 2 heterocycles. The minimum absolute atomic E-state index is 0.0988. The van der Waals surface area contributed by atoms with E-state index in [1.54, 1.807) is 20.3 Å². The molecule has 1 aromatic carbocycles. The van der Waals surface area contributed by atoms with Gasteiger partial charge in [-0.2, -0.15) is 4.99 Å². The van der Waals surface area contributed by atoms with E-state index in [0.29, 0.717) is 22.8 Å². The molecule has 140 valence electrons. The van der Waals surface area contributed by atoms with Crippen LogP contribution in [0.3, 0.4) is 0 Å². The summed E-state index contributed by atoms with van der Waals surface area (Å²) in [6, 6.07) is 6.34. The number of nitro groups is 1. The molecule has 0 fully saturated rings. The lowest BCUT2D eigenvalue weighted by atomic mass is 10.3. The van der Waals surface area contributed by atoms with Crippen LogP contribution < -0.4 is 14.3 Å². The van der Waals surface area contributed by atoms with E-state index < -0.39 is 10.8 Å². The molecule has 0 aliphatic rings. The number of amides is 1. The second-order valence-electron chi connectivity index (χ2n) is 5.27. The molecule has 0 aliphatic heterocycles. The summed E-state index contributed by atoms with van der Waals surface area (Å²) < 4.78 is 13.4. The number of thiazole rings is 1. The van der Waals surface area contributed by atoms with Crippen molar-refractivity contribution in [1.82, 2.24) is 4.57 Å². The van der Waals surface area contributed by atoms with E-state index in [1.807, 2.05) is 16.7 Å². The van der Waals surface area contributed by atoms with Crippen molar-refractivity contribution in [3.8, 4) is 11.5 Å². The third-order valence-corrected chi connectivity index (χ3v) is 5.75. The number of nitrogens with zero attached hydrogens (tertiary/aromatic N) is 3. The summed E-state index contributed by atoms with van der Waals surface area (Å²) in [5.41, 5.74) is 0.821. The van der Waals surface area contributed by atoms with Crippen LogP contribution >= 0.6 is 22.7 Å². The van der Waals surface area contributed by atoms with Crippen LogP contribution in [0.15, 0.2) is 41.9 Å². The molecular weight excluding hydrogens is 390 g/mol. The van der Waals surface area contributed by atoms with Gasteiger partial charge in [0.05, 0.1) is 29.4 Å². The first-order chi connectivity index (χ1) is 13.0. The summed E-state index contributed by atoms with van der Waals surface area (Å²) in [5.74, 6) is 0.604. The molecule has 0 saturated heterocycles. The zero-order valence-corrected chi connectivity index (χ0v) is 16.1. The molecule has 2 aromatic heterocycles. The number of ether oxygens (including phenoxy) is 2. The Morgan fingerprint density at radius 3 is 2.59 bits per heavy atom. The molecule has 0 aliphatic carbocycles. The van der Waals surface area contributed by atoms with Crippen molar-refractivity contribution >= 4 is 43.8 Å². The predicted octanol–water partition coefficient (Wildman–Crippen LogP) is 3.62. The van der Waals surface area contributed by atoms with E-state index in [4.69, 9.17) is 9.47 Å². The van der Waals surface area contributed by atoms with E-state index >= 15 is 0 Å². The van der Waals surface area contributed by atoms with E-state index in [1.165, 1.54) is 23.5 Å². The maximum atomic E-state index is 12.5. The fraction of sp³-hybridized carbons (Fsp3) is 0.176. The largest absolute Gasteiger partial charge is 0.493 e. The van der Waals surface area contributed by atoms with Crippen LogP contribution in [-0.2, 0) is 6.54 Å². The number of methoxy groups -OCH3 is 2. The molecule has 3 aromatic rings. The first-order valence-corrected chi connectivity index (χ1v) is 9.31. The SMILES string of the molecule is C=CCn1c(=NC(=O)c2ccc([N+](=O)[O-])s2)sc2cc(OC)c(OC)cc21. The molecule has 27 heavy (non-hydrogen) atoms. The Labute approximate surface area is 161 Å². The van der Waals surface area contributed by atoms with Gasteiger partial charge in [0.15, 0.2) is 16.3 Å². The second kappa shape index (κ2) is 7.72. The summed E-state index contributed by atoms with van der Waals surface area (Å²) in [6.45, 7) is 4.18. The van der Waals surface area contributed by atoms with Gasteiger partial charge < -0.3 is 14.0 Å². The van der Waals surface area contributed by atoms with Crippen molar-refractivity contribution in [3.05, 3.63) is 56.7 Å². The van der Waals surface area contributed by atoms with Crippen LogP contribution in [0, 0.1) is 10.1 Å². The Bertz CT molecular complexity index is 1110. The molecule has 1 amide bonds. The Morgan fingerprint density at radius 1 is 1.30 bits per heavy atom. The summed E-state index contributed by atoms with van der Waals surface area (Å²) >= 11 is 2.11. The lowest BCUT2D eigenvalue weighted by molar-refractivity contribution is -0.380. The molecule has 0 spiro atoms. The predicted molar refractivity (Wildman–Crippen MR) is 104 cm³/mol. The van der Waals surface area contributed by atoms with Crippen molar-refractivity contribution in [1.29, 1.82) is 0 Å². The van der Waals surface area contributed by atoms with Gasteiger partial charge in [-0.3, -0.25) is 14.9 Å². The van der Waals surface area contributed by atoms with Crippen molar-refractivity contribution < 1.29 is 19.2 Å². The summed E-state index contributed by atoms with van der Waals surface area (Å²) in [4.78, 5) is 27.6. The number of fused-ring (bicyclic) bond motifs is 1. The number of carbonyl (C=O) groups excluding carboxylic acids is 1. The number of benzene rings is 1. The minimum Gasteiger partial charge on any atom is -0.493 e. The molecule has 0 radical (unpaired) electrons. The normalized spacial score (nSPS) is 11.6. The van der Waals surface area contributed by atoms with Crippen LogP contribution in [0.2, 0.25) is 0 Å². The molecule has 0 saturated carbocycles. The zero-order valence-electron chi connectivity index (χ0n) is 14.5. The first kappa shape index (κ1) is 18.8. The van der Waals surface area contributed by atoms with Crippen molar-refractivity contribution in [2.24, 2.45) is 4.99 Å². The number of allylic oxidation sites excluding steroid dienone is 1. The number of rotatable bonds is 6. The van der Waals surface area contributed by atoms with Gasteiger partial charge in [0.25, 0.3) is 5.91 Å². The van der Waals surface area contributed by atoms with Crippen LogP contribution in [-0.4, -0.2) is 29.6 Å². The molecule has 0 unspecified atom stereocenters. The first-order valence-electron chi connectivity index (χ1n) is 7.68. The van der Waals surface area contributed by atoms with Crippen molar-refractivity contribution in [2.45, 2.75) is 6.54 Å². The molecule has 0 atom stereocenters. The lowest BCUT2D eigenvalue weighted by Gasteiger charge is -2.08. The number of thiophene rings is 1. The third kappa shape index (κ3) is 3.62. The van der Waals surface area contributed by atoms with E-state index in [-0.39, 0.29) is 9.88 Å². The number of hydrogen-bond acceptors (Lipinski definition) is 7.